The van der Waals surface area contributed by atoms with Crippen LogP contribution in [0, 0.1) is 5.92 Å². The van der Waals surface area contributed by atoms with Gasteiger partial charge in [-0.25, -0.2) is 5.84 Å². The van der Waals surface area contributed by atoms with Gasteiger partial charge in [-0.05, 0) is 32.0 Å². The maximum Gasteiger partial charge on any atom is 0.391 e. The molecule has 0 bridgehead atoms. The van der Waals surface area contributed by atoms with Crippen molar-refractivity contribution in [3.8, 4) is 0 Å². The Bertz CT molecular complexity index is 465. The Labute approximate surface area is 113 Å². The van der Waals surface area contributed by atoms with E-state index in [4.69, 9.17) is 10.3 Å². The fraction of sp³-hybridized carbons (Fsp3) is 0.583. The number of hydrogen-bond acceptors (Lipinski definition) is 4. The van der Waals surface area contributed by atoms with Gasteiger partial charge in [0.2, 0.25) is 0 Å². The summed E-state index contributed by atoms with van der Waals surface area (Å²) >= 11 is 0. The fourth-order valence-corrected chi connectivity index (χ4v) is 2.38. The van der Waals surface area contributed by atoms with E-state index < -0.39 is 18.0 Å². The first-order chi connectivity index (χ1) is 9.41. The number of nitrogens with zero attached hydrogens (tertiary/aromatic N) is 1. The van der Waals surface area contributed by atoms with Gasteiger partial charge in [0, 0.05) is 12.1 Å². The number of carbonyl (C=O) groups excluding carboxylic acids is 1. The quantitative estimate of drug-likeness (QED) is 0.505. The molecule has 8 heteroatoms. The molecule has 0 radical (unpaired) electrons. The number of amides is 1. The van der Waals surface area contributed by atoms with Crippen LogP contribution in [-0.4, -0.2) is 30.1 Å². The Balaban J connectivity index is 1.93. The number of likely N-dealkylation sites (tertiary alicyclic amines) is 1. The maximum atomic E-state index is 12.6. The molecule has 0 saturated carbocycles. The molecule has 1 aromatic heterocycles. The number of halogens is 3. The van der Waals surface area contributed by atoms with Crippen molar-refractivity contribution in [2.24, 2.45) is 11.8 Å². The smallest absolute Gasteiger partial charge is 0.391 e. The number of nitrogen functional groups attached to an aromatic ring is 1. The highest BCUT2D eigenvalue weighted by molar-refractivity contribution is 5.92. The highest BCUT2D eigenvalue weighted by atomic mass is 19.4. The third kappa shape index (κ3) is 3.31. The first kappa shape index (κ1) is 14.9. The lowest BCUT2D eigenvalue weighted by Crippen LogP contribution is -2.39. The van der Waals surface area contributed by atoms with Gasteiger partial charge >= 0.3 is 12.1 Å². The largest absolute Gasteiger partial charge is 0.459 e. The average molecular weight is 291 g/mol. The lowest BCUT2D eigenvalue weighted by atomic mass is 9.96. The Morgan fingerprint density at radius 2 is 2.10 bits per heavy atom. The first-order valence-electron chi connectivity index (χ1n) is 6.28. The molecule has 1 amide bonds. The van der Waals surface area contributed by atoms with Crippen molar-refractivity contribution in [2.75, 3.05) is 13.1 Å². The molecule has 1 aliphatic heterocycles. The predicted octanol–water partition coefficient (Wildman–Crippen LogP) is 1.66. The van der Waals surface area contributed by atoms with E-state index >= 15 is 0 Å². The van der Waals surface area contributed by atoms with E-state index in [-0.39, 0.29) is 18.6 Å². The van der Waals surface area contributed by atoms with Crippen molar-refractivity contribution in [3.05, 3.63) is 23.7 Å². The molecule has 0 aliphatic carbocycles. The maximum absolute atomic E-state index is 12.6. The molecular weight excluding hydrogens is 275 g/mol. The molecule has 2 rings (SSSR count). The lowest BCUT2D eigenvalue weighted by molar-refractivity contribution is -0.185. The van der Waals surface area contributed by atoms with Gasteiger partial charge in [0.05, 0.1) is 12.2 Å². The van der Waals surface area contributed by atoms with Crippen molar-refractivity contribution in [3.63, 3.8) is 0 Å². The molecule has 5 nitrogen and oxygen atoms in total. The zero-order valence-electron chi connectivity index (χ0n) is 10.7. The van der Waals surface area contributed by atoms with E-state index in [0.29, 0.717) is 25.2 Å². The number of piperidine rings is 1. The third-order valence-electron chi connectivity index (χ3n) is 3.53. The van der Waals surface area contributed by atoms with Crippen molar-refractivity contribution in [1.82, 2.24) is 10.3 Å². The van der Waals surface area contributed by atoms with Crippen molar-refractivity contribution in [1.29, 1.82) is 0 Å². The van der Waals surface area contributed by atoms with Gasteiger partial charge in [-0.2, -0.15) is 13.2 Å². The lowest BCUT2D eigenvalue weighted by Gasteiger charge is -2.32. The normalized spacial score (nSPS) is 18.2. The minimum Gasteiger partial charge on any atom is -0.459 e. The second-order valence-corrected chi connectivity index (χ2v) is 4.84. The summed E-state index contributed by atoms with van der Waals surface area (Å²) in [6.45, 7) is 1.07. The number of hydrogen-bond donors (Lipinski definition) is 2. The van der Waals surface area contributed by atoms with Gasteiger partial charge in [-0.3, -0.25) is 15.1 Å². The van der Waals surface area contributed by atoms with Crippen LogP contribution in [0.4, 0.5) is 13.2 Å². The monoisotopic (exact) mass is 291 g/mol. The van der Waals surface area contributed by atoms with Crippen LogP contribution in [-0.2, 0) is 6.54 Å². The van der Waals surface area contributed by atoms with Gasteiger partial charge < -0.3 is 4.42 Å². The Kier molecular flexibility index (Phi) is 4.34. The van der Waals surface area contributed by atoms with Crippen LogP contribution < -0.4 is 11.3 Å². The Hall–Kier alpha value is -1.54. The van der Waals surface area contributed by atoms with Crippen LogP contribution >= 0.6 is 0 Å². The molecule has 1 aliphatic rings. The van der Waals surface area contributed by atoms with Crippen LogP contribution in [0.15, 0.2) is 16.7 Å². The Morgan fingerprint density at radius 1 is 1.45 bits per heavy atom. The molecule has 3 N–H and O–H groups in total. The SMILES string of the molecule is NNC(=O)c1occc1CN1CCC(C(F)(F)F)CC1. The summed E-state index contributed by atoms with van der Waals surface area (Å²) < 4.78 is 42.7. The van der Waals surface area contributed by atoms with Crippen molar-refractivity contribution in [2.45, 2.75) is 25.6 Å². The molecule has 2 heterocycles. The minimum absolute atomic E-state index is 0.0831. The van der Waals surface area contributed by atoms with Gasteiger partial charge in [0.15, 0.2) is 5.76 Å². The van der Waals surface area contributed by atoms with Crippen molar-refractivity contribution >= 4 is 5.91 Å². The number of hydrazine groups is 1. The van der Waals surface area contributed by atoms with E-state index in [1.807, 2.05) is 10.3 Å². The van der Waals surface area contributed by atoms with Crippen LogP contribution in [0.5, 0.6) is 0 Å². The second kappa shape index (κ2) is 5.84. The molecule has 20 heavy (non-hydrogen) atoms. The summed E-state index contributed by atoms with van der Waals surface area (Å²) in [6.07, 6.45) is -2.59. The molecule has 0 aromatic carbocycles. The number of carbonyl (C=O) groups is 1. The molecule has 1 saturated heterocycles. The van der Waals surface area contributed by atoms with E-state index in [1.165, 1.54) is 6.26 Å². The number of nitrogens with one attached hydrogen (secondary N) is 1. The molecule has 1 fully saturated rings. The summed E-state index contributed by atoms with van der Waals surface area (Å²) in [6, 6.07) is 1.63. The fourth-order valence-electron chi connectivity index (χ4n) is 2.38. The van der Waals surface area contributed by atoms with Crippen LogP contribution in [0.3, 0.4) is 0 Å². The number of alkyl halides is 3. The minimum atomic E-state index is -4.12. The standard InChI is InChI=1S/C12H16F3N3O2/c13-12(14,15)9-1-4-18(5-2-9)7-8-3-6-20-10(8)11(19)17-16/h3,6,9H,1-2,4-5,7,16H2,(H,17,19). The number of rotatable bonds is 3. The molecule has 112 valence electrons. The van der Waals surface area contributed by atoms with Gasteiger partial charge in [0.25, 0.3) is 0 Å². The highest BCUT2D eigenvalue weighted by Crippen LogP contribution is 2.34. The van der Waals surface area contributed by atoms with Gasteiger partial charge in [-0.15, -0.1) is 0 Å². The van der Waals surface area contributed by atoms with Crippen molar-refractivity contribution < 1.29 is 22.4 Å². The third-order valence-corrected chi connectivity index (χ3v) is 3.53. The summed E-state index contributed by atoms with van der Waals surface area (Å²) in [5, 5.41) is 0. The average Bonchev–Trinajstić information content (AvgIpc) is 2.85. The van der Waals surface area contributed by atoms with Crippen LogP contribution in [0.2, 0.25) is 0 Å². The number of furan rings is 1. The van der Waals surface area contributed by atoms with E-state index in [2.05, 4.69) is 0 Å². The molecule has 0 atom stereocenters. The van der Waals surface area contributed by atoms with E-state index in [9.17, 15) is 18.0 Å². The van der Waals surface area contributed by atoms with Crippen LogP contribution in [0.25, 0.3) is 0 Å². The molecular formula is C12H16F3N3O2. The highest BCUT2D eigenvalue weighted by Gasteiger charge is 2.41. The van der Waals surface area contributed by atoms with Gasteiger partial charge in [0.1, 0.15) is 0 Å². The Morgan fingerprint density at radius 3 is 2.65 bits per heavy atom. The molecule has 0 unspecified atom stereocenters. The molecule has 0 spiro atoms. The topological polar surface area (TPSA) is 71.5 Å². The predicted molar refractivity (Wildman–Crippen MR) is 64.4 cm³/mol. The van der Waals surface area contributed by atoms with Crippen LogP contribution in [0.1, 0.15) is 29.0 Å². The summed E-state index contributed by atoms with van der Waals surface area (Å²) in [5.41, 5.74) is 2.60. The summed E-state index contributed by atoms with van der Waals surface area (Å²) in [5.74, 6) is 3.36. The molecule has 1 aromatic rings. The second-order valence-electron chi connectivity index (χ2n) is 4.84. The number of nitrogens with two attached hydrogens (primary N) is 1. The first-order valence-corrected chi connectivity index (χ1v) is 6.28. The summed E-state index contributed by atoms with van der Waals surface area (Å²) in [7, 11) is 0. The zero-order chi connectivity index (χ0) is 14.8. The van der Waals surface area contributed by atoms with E-state index in [0.717, 1.165) is 0 Å². The summed E-state index contributed by atoms with van der Waals surface area (Å²) in [4.78, 5) is 13.3. The van der Waals surface area contributed by atoms with E-state index in [1.54, 1.807) is 6.07 Å². The zero-order valence-corrected chi connectivity index (χ0v) is 10.7. The van der Waals surface area contributed by atoms with Gasteiger partial charge in [-0.1, -0.05) is 0 Å².